The van der Waals surface area contributed by atoms with Crippen LogP contribution in [0.5, 0.6) is 5.75 Å². The van der Waals surface area contributed by atoms with Crippen molar-refractivity contribution in [2.24, 2.45) is 0 Å². The highest BCUT2D eigenvalue weighted by molar-refractivity contribution is 5.67. The summed E-state index contributed by atoms with van der Waals surface area (Å²) in [6.45, 7) is 1.88. The number of nitrogens with zero attached hydrogens (tertiary/aromatic N) is 3. The van der Waals surface area contributed by atoms with Crippen molar-refractivity contribution in [1.82, 2.24) is 15.0 Å². The van der Waals surface area contributed by atoms with Gasteiger partial charge in [0.25, 0.3) is 0 Å². The summed E-state index contributed by atoms with van der Waals surface area (Å²) in [5, 5.41) is 17.9. The molecule has 0 spiro atoms. The van der Waals surface area contributed by atoms with Crippen LogP contribution in [0.4, 0.5) is 0 Å². The van der Waals surface area contributed by atoms with Gasteiger partial charge in [0.05, 0.1) is 19.4 Å². The molecule has 5 nitrogen and oxygen atoms in total. The zero-order chi connectivity index (χ0) is 15.5. The van der Waals surface area contributed by atoms with Crippen LogP contribution in [-0.2, 0) is 6.61 Å². The Labute approximate surface area is 128 Å². The first-order valence-corrected chi connectivity index (χ1v) is 7.00. The van der Waals surface area contributed by atoms with Crippen molar-refractivity contribution in [2.45, 2.75) is 13.5 Å². The molecular weight excluding hydrogens is 278 g/mol. The molecule has 22 heavy (non-hydrogen) atoms. The van der Waals surface area contributed by atoms with Crippen molar-refractivity contribution in [3.8, 4) is 22.7 Å². The number of aryl methyl sites for hydroxylation is 1. The summed E-state index contributed by atoms with van der Waals surface area (Å²) in [7, 11) is 1.63. The molecule has 0 amide bonds. The SMILES string of the molecule is COc1ccc(-n2nnc(CO)c2-c2ccccc2C)cc1. The number of benzene rings is 2. The summed E-state index contributed by atoms with van der Waals surface area (Å²) in [5.41, 5.74) is 4.35. The molecule has 0 fully saturated rings. The fraction of sp³-hybridized carbons (Fsp3) is 0.176. The third kappa shape index (κ3) is 2.46. The molecule has 0 atom stereocenters. The average molecular weight is 295 g/mol. The zero-order valence-electron chi connectivity index (χ0n) is 12.5. The molecule has 0 radical (unpaired) electrons. The van der Waals surface area contributed by atoms with Crippen molar-refractivity contribution >= 4 is 0 Å². The van der Waals surface area contributed by atoms with E-state index in [1.54, 1.807) is 11.8 Å². The summed E-state index contributed by atoms with van der Waals surface area (Å²) in [6.07, 6.45) is 0. The topological polar surface area (TPSA) is 60.2 Å². The largest absolute Gasteiger partial charge is 0.497 e. The molecule has 0 bridgehead atoms. The number of aliphatic hydroxyl groups is 1. The minimum atomic E-state index is -0.153. The number of hydrogen-bond acceptors (Lipinski definition) is 4. The Morgan fingerprint density at radius 1 is 1.09 bits per heavy atom. The molecule has 1 heterocycles. The van der Waals surface area contributed by atoms with Gasteiger partial charge in [-0.15, -0.1) is 5.10 Å². The standard InChI is InChI=1S/C17H17N3O2/c1-12-5-3-4-6-15(12)17-16(11-21)18-19-20(17)13-7-9-14(22-2)10-8-13/h3-10,21H,11H2,1-2H3. The Morgan fingerprint density at radius 2 is 1.82 bits per heavy atom. The third-order valence-corrected chi connectivity index (χ3v) is 3.61. The Morgan fingerprint density at radius 3 is 2.45 bits per heavy atom. The first-order valence-electron chi connectivity index (χ1n) is 7.00. The smallest absolute Gasteiger partial charge is 0.119 e. The number of rotatable bonds is 4. The lowest BCUT2D eigenvalue weighted by molar-refractivity contribution is 0.277. The molecule has 3 rings (SSSR count). The molecule has 0 aliphatic carbocycles. The van der Waals surface area contributed by atoms with E-state index in [0.717, 1.165) is 28.3 Å². The van der Waals surface area contributed by atoms with Crippen molar-refractivity contribution in [1.29, 1.82) is 0 Å². The van der Waals surface area contributed by atoms with E-state index in [2.05, 4.69) is 10.3 Å². The van der Waals surface area contributed by atoms with Crippen LogP contribution in [0.15, 0.2) is 48.5 Å². The molecule has 0 aliphatic rings. The first-order chi connectivity index (χ1) is 10.7. The van der Waals surface area contributed by atoms with Gasteiger partial charge in [-0.2, -0.15) is 0 Å². The molecular formula is C17H17N3O2. The number of methoxy groups -OCH3 is 1. The second-order valence-corrected chi connectivity index (χ2v) is 4.97. The number of ether oxygens (including phenoxy) is 1. The minimum absolute atomic E-state index is 0.153. The third-order valence-electron chi connectivity index (χ3n) is 3.61. The molecule has 1 aromatic heterocycles. The van der Waals surface area contributed by atoms with E-state index in [4.69, 9.17) is 4.74 Å². The van der Waals surface area contributed by atoms with Gasteiger partial charge >= 0.3 is 0 Å². The number of aromatic nitrogens is 3. The minimum Gasteiger partial charge on any atom is -0.497 e. The van der Waals surface area contributed by atoms with Gasteiger partial charge in [0.15, 0.2) is 0 Å². The van der Waals surface area contributed by atoms with Crippen molar-refractivity contribution in [3.05, 3.63) is 59.8 Å². The van der Waals surface area contributed by atoms with Crippen LogP contribution in [0.25, 0.3) is 16.9 Å². The summed E-state index contributed by atoms with van der Waals surface area (Å²) < 4.78 is 6.92. The van der Waals surface area contributed by atoms with E-state index in [-0.39, 0.29) is 6.61 Å². The summed E-state index contributed by atoms with van der Waals surface area (Å²) in [5.74, 6) is 0.781. The average Bonchev–Trinajstić information content (AvgIpc) is 2.99. The van der Waals surface area contributed by atoms with Gasteiger partial charge in [0, 0.05) is 5.56 Å². The normalized spacial score (nSPS) is 10.7. The van der Waals surface area contributed by atoms with Crippen LogP contribution >= 0.6 is 0 Å². The lowest BCUT2D eigenvalue weighted by Crippen LogP contribution is -2.01. The van der Waals surface area contributed by atoms with Crippen molar-refractivity contribution in [3.63, 3.8) is 0 Å². The lowest BCUT2D eigenvalue weighted by atomic mass is 10.0. The molecule has 0 unspecified atom stereocenters. The van der Waals surface area contributed by atoms with E-state index in [0.29, 0.717) is 5.69 Å². The van der Waals surface area contributed by atoms with Crippen molar-refractivity contribution in [2.75, 3.05) is 7.11 Å². The highest BCUT2D eigenvalue weighted by atomic mass is 16.5. The Kier molecular flexibility index (Phi) is 3.89. The fourth-order valence-electron chi connectivity index (χ4n) is 2.43. The molecule has 0 saturated carbocycles. The molecule has 1 N–H and O–H groups in total. The van der Waals surface area contributed by atoms with E-state index >= 15 is 0 Å². The van der Waals surface area contributed by atoms with E-state index in [1.807, 2.05) is 55.5 Å². The molecule has 5 heteroatoms. The van der Waals surface area contributed by atoms with Crippen LogP contribution in [-0.4, -0.2) is 27.2 Å². The zero-order valence-corrected chi connectivity index (χ0v) is 12.5. The van der Waals surface area contributed by atoms with Gasteiger partial charge in [-0.05, 0) is 36.8 Å². The maximum Gasteiger partial charge on any atom is 0.119 e. The second-order valence-electron chi connectivity index (χ2n) is 4.97. The quantitative estimate of drug-likeness (QED) is 0.804. The Balaban J connectivity index is 2.17. The van der Waals surface area contributed by atoms with E-state index in [9.17, 15) is 5.11 Å². The van der Waals surface area contributed by atoms with Gasteiger partial charge in [-0.1, -0.05) is 29.5 Å². The van der Waals surface area contributed by atoms with Gasteiger partial charge in [0.1, 0.15) is 17.1 Å². The Hall–Kier alpha value is -2.66. The molecule has 3 aromatic rings. The van der Waals surface area contributed by atoms with Crippen LogP contribution in [0.3, 0.4) is 0 Å². The second kappa shape index (κ2) is 5.99. The molecule has 112 valence electrons. The lowest BCUT2D eigenvalue weighted by Gasteiger charge is -2.10. The van der Waals surface area contributed by atoms with Crippen molar-refractivity contribution < 1.29 is 9.84 Å². The molecule has 0 saturated heterocycles. The van der Waals surface area contributed by atoms with Crippen LogP contribution in [0.1, 0.15) is 11.3 Å². The first kappa shape index (κ1) is 14.3. The number of aliphatic hydroxyl groups excluding tert-OH is 1. The fourth-order valence-corrected chi connectivity index (χ4v) is 2.43. The monoisotopic (exact) mass is 295 g/mol. The van der Waals surface area contributed by atoms with Gasteiger partial charge in [-0.3, -0.25) is 0 Å². The van der Waals surface area contributed by atoms with Gasteiger partial charge in [-0.25, -0.2) is 4.68 Å². The van der Waals surface area contributed by atoms with E-state index in [1.165, 1.54) is 0 Å². The van der Waals surface area contributed by atoms with Crippen LogP contribution in [0.2, 0.25) is 0 Å². The van der Waals surface area contributed by atoms with Gasteiger partial charge in [0.2, 0.25) is 0 Å². The summed E-state index contributed by atoms with van der Waals surface area (Å²) >= 11 is 0. The number of hydrogen-bond donors (Lipinski definition) is 1. The van der Waals surface area contributed by atoms with Crippen LogP contribution in [0, 0.1) is 6.92 Å². The van der Waals surface area contributed by atoms with E-state index < -0.39 is 0 Å². The summed E-state index contributed by atoms with van der Waals surface area (Å²) in [6, 6.07) is 15.6. The molecule has 2 aromatic carbocycles. The maximum atomic E-state index is 9.58. The highest BCUT2D eigenvalue weighted by Gasteiger charge is 2.17. The molecule has 0 aliphatic heterocycles. The van der Waals surface area contributed by atoms with Gasteiger partial charge < -0.3 is 9.84 Å². The predicted molar refractivity (Wildman–Crippen MR) is 84.0 cm³/mol. The highest BCUT2D eigenvalue weighted by Crippen LogP contribution is 2.28. The Bertz CT molecular complexity index is 779. The summed E-state index contributed by atoms with van der Waals surface area (Å²) in [4.78, 5) is 0. The predicted octanol–water partition coefficient (Wildman–Crippen LogP) is 2.74. The van der Waals surface area contributed by atoms with Crippen LogP contribution < -0.4 is 4.74 Å². The maximum absolute atomic E-state index is 9.58.